The molecule has 0 unspecified atom stereocenters. The van der Waals surface area contributed by atoms with E-state index >= 15 is 0 Å². The van der Waals surface area contributed by atoms with E-state index in [1.807, 2.05) is 12.1 Å². The van der Waals surface area contributed by atoms with Crippen molar-refractivity contribution in [3.8, 4) is 10.6 Å². The van der Waals surface area contributed by atoms with Gasteiger partial charge in [-0.15, -0.1) is 11.3 Å². The molecule has 2 heterocycles. The van der Waals surface area contributed by atoms with Crippen LogP contribution in [0.1, 0.15) is 0 Å². The first-order valence-electron chi connectivity index (χ1n) is 3.43. The van der Waals surface area contributed by atoms with Gasteiger partial charge in [0, 0.05) is 0 Å². The maximum atomic E-state index is 5.88. The molecule has 0 aliphatic carbocycles. The van der Waals surface area contributed by atoms with Gasteiger partial charge < -0.3 is 10.7 Å². The van der Waals surface area contributed by atoms with Gasteiger partial charge in [0.1, 0.15) is 10.8 Å². The fourth-order valence-corrected chi connectivity index (χ4v) is 2.65. The Hall–Kier alpha value is -0.520. The van der Waals surface area contributed by atoms with Gasteiger partial charge in [-0.1, -0.05) is 11.6 Å². The SMILES string of the molecule is Nc1nc(-c2ccc(Br)s2)c(Cl)[nH]1. The molecule has 2 rings (SSSR count). The minimum Gasteiger partial charge on any atom is -0.369 e. The summed E-state index contributed by atoms with van der Waals surface area (Å²) in [7, 11) is 0. The minimum absolute atomic E-state index is 0.338. The molecule has 0 amide bonds. The van der Waals surface area contributed by atoms with Gasteiger partial charge in [-0.05, 0) is 28.1 Å². The molecule has 0 radical (unpaired) electrons. The van der Waals surface area contributed by atoms with Crippen LogP contribution in [0.15, 0.2) is 15.9 Å². The number of H-pyrrole nitrogens is 1. The second-order valence-electron chi connectivity index (χ2n) is 2.39. The molecular formula is C7H5BrClN3S. The summed E-state index contributed by atoms with van der Waals surface area (Å²) in [6, 6.07) is 3.89. The lowest BCUT2D eigenvalue weighted by molar-refractivity contribution is 1.33. The van der Waals surface area contributed by atoms with Crippen LogP contribution in [0.4, 0.5) is 5.95 Å². The summed E-state index contributed by atoms with van der Waals surface area (Å²) in [4.78, 5) is 7.80. The number of thiophene rings is 1. The van der Waals surface area contributed by atoms with Crippen LogP contribution in [0.25, 0.3) is 10.6 Å². The maximum Gasteiger partial charge on any atom is 0.199 e. The van der Waals surface area contributed by atoms with Crippen LogP contribution < -0.4 is 5.73 Å². The molecule has 0 spiro atoms. The largest absolute Gasteiger partial charge is 0.369 e. The van der Waals surface area contributed by atoms with Crippen LogP contribution in [-0.4, -0.2) is 9.97 Å². The van der Waals surface area contributed by atoms with E-state index in [0.717, 1.165) is 8.66 Å². The maximum absolute atomic E-state index is 5.88. The van der Waals surface area contributed by atoms with Gasteiger partial charge in [-0.25, -0.2) is 4.98 Å². The zero-order chi connectivity index (χ0) is 9.42. The quantitative estimate of drug-likeness (QED) is 0.842. The lowest BCUT2D eigenvalue weighted by Crippen LogP contribution is -1.84. The molecule has 0 saturated carbocycles. The highest BCUT2D eigenvalue weighted by molar-refractivity contribution is 9.11. The third kappa shape index (κ3) is 1.72. The number of aromatic nitrogens is 2. The number of nitrogens with two attached hydrogens (primary N) is 1. The van der Waals surface area contributed by atoms with Crippen LogP contribution in [0, 0.1) is 0 Å². The zero-order valence-electron chi connectivity index (χ0n) is 6.34. The summed E-state index contributed by atoms with van der Waals surface area (Å²) < 4.78 is 1.04. The summed E-state index contributed by atoms with van der Waals surface area (Å²) in [5, 5.41) is 0.479. The van der Waals surface area contributed by atoms with Gasteiger partial charge in [0.15, 0.2) is 5.95 Å². The van der Waals surface area contributed by atoms with Crippen LogP contribution in [0.5, 0.6) is 0 Å². The summed E-state index contributed by atoms with van der Waals surface area (Å²) in [6.07, 6.45) is 0. The molecule has 0 fully saturated rings. The van der Waals surface area contributed by atoms with E-state index in [0.29, 0.717) is 16.8 Å². The Morgan fingerprint density at radius 1 is 1.54 bits per heavy atom. The van der Waals surface area contributed by atoms with Crippen LogP contribution in [-0.2, 0) is 0 Å². The van der Waals surface area contributed by atoms with Crippen molar-refractivity contribution in [3.63, 3.8) is 0 Å². The second-order valence-corrected chi connectivity index (χ2v) is 5.23. The first-order chi connectivity index (χ1) is 6.16. The number of aromatic amines is 1. The van der Waals surface area contributed by atoms with E-state index in [-0.39, 0.29) is 0 Å². The second kappa shape index (κ2) is 3.32. The van der Waals surface area contributed by atoms with Crippen molar-refractivity contribution in [2.45, 2.75) is 0 Å². The Balaban J connectivity index is 2.51. The van der Waals surface area contributed by atoms with Crippen molar-refractivity contribution in [2.75, 3.05) is 5.73 Å². The number of hydrogen-bond donors (Lipinski definition) is 2. The van der Waals surface area contributed by atoms with Crippen molar-refractivity contribution < 1.29 is 0 Å². The first-order valence-corrected chi connectivity index (χ1v) is 5.42. The number of anilines is 1. The Bertz CT molecular complexity index is 437. The van der Waals surface area contributed by atoms with Gasteiger partial charge in [-0.2, -0.15) is 0 Å². The number of rotatable bonds is 1. The summed E-state index contributed by atoms with van der Waals surface area (Å²) in [5.41, 5.74) is 6.17. The molecule has 0 aliphatic rings. The molecular weight excluding hydrogens is 274 g/mol. The Morgan fingerprint density at radius 3 is 2.77 bits per heavy atom. The summed E-state index contributed by atoms with van der Waals surface area (Å²) >= 11 is 10.8. The average Bonchev–Trinajstić information content (AvgIpc) is 2.58. The predicted molar refractivity (Wildman–Crippen MR) is 59.0 cm³/mol. The van der Waals surface area contributed by atoms with Crippen molar-refractivity contribution >= 4 is 44.8 Å². The molecule has 0 saturated heterocycles. The van der Waals surface area contributed by atoms with Crippen molar-refractivity contribution in [1.29, 1.82) is 0 Å². The highest BCUT2D eigenvalue weighted by atomic mass is 79.9. The predicted octanol–water partition coefficient (Wildman–Crippen LogP) is 3.14. The zero-order valence-corrected chi connectivity index (χ0v) is 9.50. The molecule has 13 heavy (non-hydrogen) atoms. The minimum atomic E-state index is 0.338. The summed E-state index contributed by atoms with van der Waals surface area (Å²) in [5.74, 6) is 0.338. The molecule has 3 nitrogen and oxygen atoms in total. The molecule has 0 aromatic carbocycles. The summed E-state index contributed by atoms with van der Waals surface area (Å²) in [6.45, 7) is 0. The smallest absolute Gasteiger partial charge is 0.199 e. The third-order valence-electron chi connectivity index (χ3n) is 1.48. The number of nitrogens with one attached hydrogen (secondary N) is 1. The fourth-order valence-electron chi connectivity index (χ4n) is 0.974. The molecule has 2 aromatic rings. The van der Waals surface area contributed by atoms with Gasteiger partial charge in [-0.3, -0.25) is 0 Å². The molecule has 0 atom stereocenters. The number of nitrogens with zero attached hydrogens (tertiary/aromatic N) is 1. The van der Waals surface area contributed by atoms with Crippen LogP contribution in [0.2, 0.25) is 5.15 Å². The Kier molecular flexibility index (Phi) is 2.31. The molecule has 6 heteroatoms. The standard InChI is InChI=1S/C7H5BrClN3S/c8-4-2-1-3(13-4)5-6(9)12-7(10)11-5/h1-2H,(H3,10,11,12). The van der Waals surface area contributed by atoms with Gasteiger partial charge >= 0.3 is 0 Å². The van der Waals surface area contributed by atoms with E-state index in [1.165, 1.54) is 0 Å². The lowest BCUT2D eigenvalue weighted by atomic mass is 10.4. The first kappa shape index (κ1) is 9.05. The highest BCUT2D eigenvalue weighted by Crippen LogP contribution is 2.34. The van der Waals surface area contributed by atoms with Crippen LogP contribution >= 0.6 is 38.9 Å². The highest BCUT2D eigenvalue weighted by Gasteiger charge is 2.10. The monoisotopic (exact) mass is 277 g/mol. The molecule has 0 aliphatic heterocycles. The third-order valence-corrected chi connectivity index (χ3v) is 3.39. The van der Waals surface area contributed by atoms with E-state index < -0.39 is 0 Å². The lowest BCUT2D eigenvalue weighted by Gasteiger charge is -1.88. The number of hydrogen-bond acceptors (Lipinski definition) is 3. The normalized spacial score (nSPS) is 10.6. The van der Waals surface area contributed by atoms with Gasteiger partial charge in [0.25, 0.3) is 0 Å². The number of nitrogen functional groups attached to an aromatic ring is 1. The Labute approximate surface area is 92.1 Å². The number of halogens is 2. The van der Waals surface area contributed by atoms with E-state index in [1.54, 1.807) is 11.3 Å². The van der Waals surface area contributed by atoms with Gasteiger partial charge in [0.05, 0.1) is 8.66 Å². The molecule has 2 aromatic heterocycles. The molecule has 68 valence electrons. The number of imidazole rings is 1. The average molecular weight is 279 g/mol. The Morgan fingerprint density at radius 2 is 2.31 bits per heavy atom. The molecule has 0 bridgehead atoms. The molecule has 3 N–H and O–H groups in total. The fraction of sp³-hybridized carbons (Fsp3) is 0. The van der Waals surface area contributed by atoms with Gasteiger partial charge in [0.2, 0.25) is 0 Å². The van der Waals surface area contributed by atoms with Crippen molar-refractivity contribution in [2.24, 2.45) is 0 Å². The topological polar surface area (TPSA) is 54.7 Å². The van der Waals surface area contributed by atoms with Crippen molar-refractivity contribution in [1.82, 2.24) is 9.97 Å². The van der Waals surface area contributed by atoms with Crippen molar-refractivity contribution in [3.05, 3.63) is 21.1 Å². The van der Waals surface area contributed by atoms with E-state index in [9.17, 15) is 0 Å². The van der Waals surface area contributed by atoms with E-state index in [4.69, 9.17) is 17.3 Å². The van der Waals surface area contributed by atoms with E-state index in [2.05, 4.69) is 25.9 Å². The van der Waals surface area contributed by atoms with Crippen LogP contribution in [0.3, 0.4) is 0 Å².